The highest BCUT2D eigenvalue weighted by molar-refractivity contribution is 6.28. The molecule has 7 aromatic carbocycles. The highest BCUT2D eigenvalue weighted by atomic mass is 14.3. The van der Waals surface area contributed by atoms with E-state index in [1.54, 1.807) is 6.08 Å². The molecule has 0 aliphatic heterocycles. The Labute approximate surface area is 263 Å². The first-order valence-corrected chi connectivity index (χ1v) is 15.3. The maximum atomic E-state index is 9.21. The van der Waals surface area contributed by atoms with Crippen LogP contribution in [0, 0.1) is 18.3 Å². The van der Waals surface area contributed by atoms with Crippen molar-refractivity contribution in [2.45, 2.75) is 6.92 Å². The first-order valence-electron chi connectivity index (χ1n) is 15.3. The van der Waals surface area contributed by atoms with Crippen LogP contribution in [-0.2, 0) is 0 Å². The fourth-order valence-corrected chi connectivity index (χ4v) is 7.08. The number of nitriles is 1. The minimum Gasteiger partial charge on any atom is -0.192 e. The van der Waals surface area contributed by atoms with Gasteiger partial charge in [0, 0.05) is 5.57 Å². The summed E-state index contributed by atoms with van der Waals surface area (Å²) in [7, 11) is 0. The molecule has 0 bridgehead atoms. The number of rotatable bonds is 5. The highest BCUT2D eigenvalue weighted by Crippen LogP contribution is 2.58. The van der Waals surface area contributed by atoms with E-state index < -0.39 is 0 Å². The lowest BCUT2D eigenvalue weighted by atomic mass is 9.82. The van der Waals surface area contributed by atoms with E-state index in [2.05, 4.69) is 153 Å². The first-order chi connectivity index (χ1) is 22.1. The average molecular weight is 572 g/mol. The lowest BCUT2D eigenvalue weighted by molar-refractivity contribution is 1.44. The van der Waals surface area contributed by atoms with Crippen molar-refractivity contribution in [3.8, 4) is 61.7 Å². The van der Waals surface area contributed by atoms with E-state index in [0.29, 0.717) is 5.57 Å². The Morgan fingerprint density at radius 2 is 1.11 bits per heavy atom. The third-order valence-electron chi connectivity index (χ3n) is 9.12. The summed E-state index contributed by atoms with van der Waals surface area (Å²) in [5, 5.41) is 14.3. The van der Waals surface area contributed by atoms with Gasteiger partial charge in [0.2, 0.25) is 0 Å². The minimum atomic E-state index is 0.443. The predicted octanol–water partition coefficient (Wildman–Crippen LogP) is 12.0. The summed E-state index contributed by atoms with van der Waals surface area (Å²) in [6.45, 7) is 5.92. The molecule has 8 rings (SSSR count). The lowest BCUT2D eigenvalue weighted by Crippen LogP contribution is -1.93. The maximum Gasteiger partial charge on any atom is 0.0985 e. The van der Waals surface area contributed by atoms with Gasteiger partial charge in [0.15, 0.2) is 0 Å². The van der Waals surface area contributed by atoms with Gasteiger partial charge in [-0.25, -0.2) is 0 Å². The Balaban J connectivity index is 1.46. The summed E-state index contributed by atoms with van der Waals surface area (Å²) in [5.41, 5.74) is 15.2. The van der Waals surface area contributed by atoms with Gasteiger partial charge in [-0.15, -0.1) is 0 Å². The van der Waals surface area contributed by atoms with Gasteiger partial charge in [0.05, 0.1) is 6.07 Å². The molecule has 1 heteroatoms. The Bertz CT molecular complexity index is 2290. The summed E-state index contributed by atoms with van der Waals surface area (Å²) in [6, 6.07) is 50.6. The average Bonchev–Trinajstić information content (AvgIpc) is 3.42. The zero-order valence-electron chi connectivity index (χ0n) is 25.0. The van der Waals surface area contributed by atoms with Crippen LogP contribution in [0.1, 0.15) is 11.1 Å². The molecule has 210 valence electrons. The van der Waals surface area contributed by atoms with E-state index in [1.807, 2.05) is 6.08 Å². The molecule has 1 aliphatic carbocycles. The summed E-state index contributed by atoms with van der Waals surface area (Å²) < 4.78 is 0. The summed E-state index contributed by atoms with van der Waals surface area (Å²) in [6.07, 6.45) is 3.78. The number of hydrogen-bond acceptors (Lipinski definition) is 1. The van der Waals surface area contributed by atoms with Crippen LogP contribution < -0.4 is 0 Å². The number of aryl methyl sites for hydroxylation is 1. The van der Waals surface area contributed by atoms with Gasteiger partial charge in [-0.3, -0.25) is 0 Å². The van der Waals surface area contributed by atoms with Gasteiger partial charge in [0.1, 0.15) is 0 Å². The van der Waals surface area contributed by atoms with Crippen molar-refractivity contribution in [2.24, 2.45) is 0 Å². The van der Waals surface area contributed by atoms with Crippen LogP contribution in [0.2, 0.25) is 0 Å². The molecular weight excluding hydrogens is 542 g/mol. The van der Waals surface area contributed by atoms with Crippen LogP contribution in [0.4, 0.5) is 0 Å². The first kappa shape index (κ1) is 26.6. The summed E-state index contributed by atoms with van der Waals surface area (Å²) in [4.78, 5) is 0. The number of fused-ring (bicyclic) bond motifs is 4. The van der Waals surface area contributed by atoms with Crippen molar-refractivity contribution >= 4 is 27.6 Å². The van der Waals surface area contributed by atoms with E-state index >= 15 is 0 Å². The van der Waals surface area contributed by atoms with Crippen molar-refractivity contribution in [1.29, 1.82) is 5.26 Å². The molecule has 1 aliphatic rings. The zero-order valence-corrected chi connectivity index (χ0v) is 25.0. The standard InChI is InChI=1S/C44H29N/c1-28(27-45)20-22-32-26-33(23-21-29(32)2)34-24-25-39-42-35(34)18-11-19-38(42)43-40(30-12-5-3-6-13-30)36-16-9-10-17-37(36)41(44(39)43)31-14-7-4-8-15-31/h3-26H,1H2,2H3/b22-20-. The molecule has 0 amide bonds. The van der Waals surface area contributed by atoms with Gasteiger partial charge in [-0.2, -0.15) is 5.26 Å². The third kappa shape index (κ3) is 4.23. The van der Waals surface area contributed by atoms with Gasteiger partial charge >= 0.3 is 0 Å². The largest absolute Gasteiger partial charge is 0.192 e. The molecule has 0 N–H and O–H groups in total. The van der Waals surface area contributed by atoms with Crippen molar-refractivity contribution in [2.75, 3.05) is 0 Å². The van der Waals surface area contributed by atoms with Crippen LogP contribution >= 0.6 is 0 Å². The van der Waals surface area contributed by atoms with Crippen LogP contribution in [0.5, 0.6) is 0 Å². The molecule has 0 spiro atoms. The Hall–Kier alpha value is -5.97. The van der Waals surface area contributed by atoms with E-state index in [-0.39, 0.29) is 0 Å². The maximum absolute atomic E-state index is 9.21. The summed E-state index contributed by atoms with van der Waals surface area (Å²) >= 11 is 0. The molecule has 0 atom stereocenters. The van der Waals surface area contributed by atoms with Crippen LogP contribution in [0.3, 0.4) is 0 Å². The zero-order chi connectivity index (χ0) is 30.5. The SMILES string of the molecule is C=C(C#N)/C=C\c1cc(-c2ccc3c4c(cccc24)-c2c-3c(-c3ccccc3)c3ccccc3c2-c2ccccc2)ccc1C. The Kier molecular flexibility index (Phi) is 6.30. The van der Waals surface area contributed by atoms with E-state index in [1.165, 1.54) is 71.6 Å². The fourth-order valence-electron chi connectivity index (χ4n) is 7.08. The van der Waals surface area contributed by atoms with E-state index in [9.17, 15) is 5.26 Å². The molecule has 0 saturated heterocycles. The highest BCUT2D eigenvalue weighted by Gasteiger charge is 2.31. The molecule has 0 fully saturated rings. The second-order valence-electron chi connectivity index (χ2n) is 11.7. The normalized spacial score (nSPS) is 11.6. The second-order valence-corrected chi connectivity index (χ2v) is 11.7. The molecule has 1 nitrogen and oxygen atoms in total. The van der Waals surface area contributed by atoms with Gasteiger partial charge in [0.25, 0.3) is 0 Å². The summed E-state index contributed by atoms with van der Waals surface area (Å²) in [5.74, 6) is 0. The third-order valence-corrected chi connectivity index (χ3v) is 9.12. The second kappa shape index (κ2) is 10.6. The fraction of sp³-hybridized carbons (Fsp3) is 0.0227. The monoisotopic (exact) mass is 571 g/mol. The van der Waals surface area contributed by atoms with Crippen LogP contribution in [-0.4, -0.2) is 0 Å². The Morgan fingerprint density at radius 3 is 1.73 bits per heavy atom. The molecular formula is C44H29N. The van der Waals surface area contributed by atoms with Crippen molar-refractivity contribution in [3.63, 3.8) is 0 Å². The molecule has 45 heavy (non-hydrogen) atoms. The number of nitrogens with zero attached hydrogens (tertiary/aromatic N) is 1. The van der Waals surface area contributed by atoms with E-state index in [0.717, 1.165) is 16.7 Å². The lowest BCUT2D eigenvalue weighted by Gasteiger charge is -2.20. The number of hydrogen-bond donors (Lipinski definition) is 0. The Morgan fingerprint density at radius 1 is 0.556 bits per heavy atom. The van der Waals surface area contributed by atoms with Crippen LogP contribution in [0.25, 0.3) is 83.3 Å². The predicted molar refractivity (Wildman–Crippen MR) is 191 cm³/mol. The topological polar surface area (TPSA) is 23.8 Å². The number of allylic oxidation sites excluding steroid dienone is 2. The van der Waals surface area contributed by atoms with Gasteiger partial charge in [-0.05, 0) is 107 Å². The molecule has 0 saturated carbocycles. The van der Waals surface area contributed by atoms with E-state index in [4.69, 9.17) is 0 Å². The molecule has 0 aromatic heterocycles. The molecule has 0 unspecified atom stereocenters. The van der Waals surface area contributed by atoms with Crippen molar-refractivity contribution < 1.29 is 0 Å². The molecule has 0 heterocycles. The molecule has 0 radical (unpaired) electrons. The van der Waals surface area contributed by atoms with Gasteiger partial charge < -0.3 is 0 Å². The number of benzene rings is 7. The molecule has 7 aromatic rings. The van der Waals surface area contributed by atoms with Gasteiger partial charge in [-0.1, -0.05) is 140 Å². The minimum absolute atomic E-state index is 0.443. The van der Waals surface area contributed by atoms with Crippen molar-refractivity contribution in [1.82, 2.24) is 0 Å². The van der Waals surface area contributed by atoms with Crippen molar-refractivity contribution in [3.05, 3.63) is 163 Å². The quantitative estimate of drug-likeness (QED) is 0.149. The van der Waals surface area contributed by atoms with Crippen LogP contribution in [0.15, 0.2) is 152 Å². The smallest absolute Gasteiger partial charge is 0.0985 e.